The number of unbranched alkanes of at least 4 members (excludes halogenated alkanes) is 1. The molecule has 0 aromatic heterocycles. The molecule has 3 rings (SSSR count). The van der Waals surface area contributed by atoms with Gasteiger partial charge in [-0.3, -0.25) is 9.59 Å². The number of anilines is 2. The molecule has 1 saturated heterocycles. The van der Waals surface area contributed by atoms with Crippen LogP contribution in [0.25, 0.3) is 0 Å². The fraction of sp³-hybridized carbons (Fsp3) is 0.263. The quantitative estimate of drug-likeness (QED) is 0.615. The van der Waals surface area contributed by atoms with Crippen LogP contribution in [0, 0.1) is 5.92 Å². The Bertz CT molecular complexity index is 634. The van der Waals surface area contributed by atoms with Crippen molar-refractivity contribution in [3.63, 3.8) is 0 Å². The van der Waals surface area contributed by atoms with Gasteiger partial charge in [-0.25, -0.2) is 10.0 Å². The van der Waals surface area contributed by atoms with Crippen LogP contribution in [0.1, 0.15) is 26.2 Å². The topological polar surface area (TPSA) is 40.6 Å². The van der Waals surface area contributed by atoms with Gasteiger partial charge in [0, 0.05) is 0 Å². The number of hydrazine groups is 1. The summed E-state index contributed by atoms with van der Waals surface area (Å²) in [5.74, 6) is -0.868. The second-order valence-electron chi connectivity index (χ2n) is 5.67. The Balaban J connectivity index is 0.00000208. The number of benzene rings is 2. The van der Waals surface area contributed by atoms with Gasteiger partial charge in [-0.15, -0.1) is 0 Å². The van der Waals surface area contributed by atoms with Crippen LogP contribution in [-0.2, 0) is 9.59 Å². The molecule has 0 unspecified atom stereocenters. The zero-order valence-electron chi connectivity index (χ0n) is 13.2. The summed E-state index contributed by atoms with van der Waals surface area (Å²) in [5, 5.41) is 3.02. The second kappa shape index (κ2) is 8.92. The van der Waals surface area contributed by atoms with Gasteiger partial charge in [0.1, 0.15) is 5.92 Å². The van der Waals surface area contributed by atoms with Gasteiger partial charge < -0.3 is 0 Å². The fourth-order valence-corrected chi connectivity index (χ4v) is 2.88. The maximum absolute atomic E-state index is 12.9. The third-order valence-corrected chi connectivity index (χ3v) is 4.06. The molecule has 4 nitrogen and oxygen atoms in total. The molecule has 0 N–H and O–H groups in total. The molecule has 0 atom stereocenters. The SMILES string of the molecule is CCCCC1C(=O)N(c2ccccc2)N(c2ccccc2)C1=O.[KH]. The van der Waals surface area contributed by atoms with E-state index in [9.17, 15) is 9.59 Å². The summed E-state index contributed by atoms with van der Waals surface area (Å²) in [6.45, 7) is 2.06. The van der Waals surface area contributed by atoms with Gasteiger partial charge in [0.05, 0.1) is 11.4 Å². The van der Waals surface area contributed by atoms with E-state index < -0.39 is 5.92 Å². The van der Waals surface area contributed by atoms with Crippen molar-refractivity contribution in [2.45, 2.75) is 26.2 Å². The van der Waals surface area contributed by atoms with Crippen molar-refractivity contribution in [2.24, 2.45) is 5.92 Å². The number of nitrogens with zero attached hydrogens (tertiary/aromatic N) is 2. The van der Waals surface area contributed by atoms with Crippen molar-refractivity contribution in [1.82, 2.24) is 0 Å². The molecule has 1 aliphatic heterocycles. The predicted octanol–water partition coefficient (Wildman–Crippen LogP) is 3.14. The molecule has 0 aliphatic carbocycles. The average molecular weight is 348 g/mol. The summed E-state index contributed by atoms with van der Waals surface area (Å²) in [7, 11) is 0. The van der Waals surface area contributed by atoms with Crippen molar-refractivity contribution in [3.05, 3.63) is 60.7 Å². The van der Waals surface area contributed by atoms with E-state index in [-0.39, 0.29) is 63.2 Å². The van der Waals surface area contributed by atoms with Gasteiger partial charge in [0.25, 0.3) is 11.8 Å². The van der Waals surface area contributed by atoms with E-state index in [0.29, 0.717) is 17.8 Å². The molecule has 1 fully saturated rings. The Morgan fingerprint density at radius 1 is 0.792 bits per heavy atom. The van der Waals surface area contributed by atoms with E-state index in [4.69, 9.17) is 0 Å². The number of hydrogen-bond acceptors (Lipinski definition) is 2. The van der Waals surface area contributed by atoms with Crippen molar-refractivity contribution in [2.75, 3.05) is 10.0 Å². The Morgan fingerprint density at radius 2 is 1.21 bits per heavy atom. The maximum atomic E-state index is 12.9. The first-order valence-corrected chi connectivity index (χ1v) is 8.02. The number of para-hydroxylation sites is 2. The summed E-state index contributed by atoms with van der Waals surface area (Å²) in [4.78, 5) is 25.7. The summed E-state index contributed by atoms with van der Waals surface area (Å²) in [6, 6.07) is 18.7. The Kier molecular flexibility index (Phi) is 7.19. The molecule has 0 spiro atoms. The molecular formula is C19H21KN2O2. The van der Waals surface area contributed by atoms with Crippen molar-refractivity contribution < 1.29 is 9.59 Å². The molecule has 24 heavy (non-hydrogen) atoms. The van der Waals surface area contributed by atoms with Gasteiger partial charge >= 0.3 is 51.4 Å². The van der Waals surface area contributed by atoms with Crippen LogP contribution in [0.15, 0.2) is 60.7 Å². The fourth-order valence-electron chi connectivity index (χ4n) is 2.88. The molecule has 1 aliphatic rings. The second-order valence-corrected chi connectivity index (χ2v) is 5.67. The number of amides is 2. The van der Waals surface area contributed by atoms with E-state index in [0.717, 1.165) is 12.8 Å². The van der Waals surface area contributed by atoms with Crippen LogP contribution >= 0.6 is 0 Å². The third kappa shape index (κ3) is 3.81. The number of rotatable bonds is 5. The van der Waals surface area contributed by atoms with Gasteiger partial charge in [-0.1, -0.05) is 56.2 Å². The molecule has 1 heterocycles. The predicted molar refractivity (Wildman–Crippen MR) is 98.0 cm³/mol. The first kappa shape index (κ1) is 19.3. The summed E-state index contributed by atoms with van der Waals surface area (Å²) < 4.78 is 0. The molecular weight excluding hydrogens is 327 g/mol. The average Bonchev–Trinajstić information content (AvgIpc) is 2.85. The number of hydrogen-bond donors (Lipinski definition) is 0. The summed E-state index contributed by atoms with van der Waals surface area (Å²) in [5.41, 5.74) is 1.43. The van der Waals surface area contributed by atoms with Crippen molar-refractivity contribution >= 4 is 74.6 Å². The minimum absolute atomic E-state index is 0. The van der Waals surface area contributed by atoms with Crippen LogP contribution < -0.4 is 10.0 Å². The van der Waals surface area contributed by atoms with E-state index in [1.165, 1.54) is 10.0 Å². The van der Waals surface area contributed by atoms with E-state index >= 15 is 0 Å². The molecule has 2 aromatic carbocycles. The molecule has 0 radical (unpaired) electrons. The van der Waals surface area contributed by atoms with Crippen LogP contribution in [0.2, 0.25) is 0 Å². The monoisotopic (exact) mass is 348 g/mol. The molecule has 0 bridgehead atoms. The number of carbonyl (C=O) groups is 2. The van der Waals surface area contributed by atoms with Gasteiger partial charge in [0.2, 0.25) is 0 Å². The van der Waals surface area contributed by atoms with Crippen molar-refractivity contribution in [3.8, 4) is 0 Å². The molecule has 2 amide bonds. The van der Waals surface area contributed by atoms with Gasteiger partial charge in [-0.2, -0.15) is 0 Å². The van der Waals surface area contributed by atoms with Crippen LogP contribution in [0.4, 0.5) is 11.4 Å². The Morgan fingerprint density at radius 3 is 1.58 bits per heavy atom. The molecule has 5 heteroatoms. The molecule has 120 valence electrons. The first-order chi connectivity index (χ1) is 11.2. The molecule has 0 saturated carbocycles. The summed E-state index contributed by atoms with van der Waals surface area (Å²) in [6.07, 6.45) is 2.43. The van der Waals surface area contributed by atoms with Crippen LogP contribution in [0.3, 0.4) is 0 Å². The summed E-state index contributed by atoms with van der Waals surface area (Å²) >= 11 is 0. The van der Waals surface area contributed by atoms with Crippen molar-refractivity contribution in [1.29, 1.82) is 0 Å². The van der Waals surface area contributed by atoms with Crippen LogP contribution in [0.5, 0.6) is 0 Å². The van der Waals surface area contributed by atoms with Gasteiger partial charge in [-0.05, 0) is 30.7 Å². The Hall–Kier alpha value is -0.984. The zero-order chi connectivity index (χ0) is 16.2. The first-order valence-electron chi connectivity index (χ1n) is 8.02. The normalized spacial score (nSPS) is 14.9. The van der Waals surface area contributed by atoms with E-state index in [1.807, 2.05) is 60.7 Å². The molecule has 2 aromatic rings. The van der Waals surface area contributed by atoms with E-state index in [2.05, 4.69) is 6.92 Å². The third-order valence-electron chi connectivity index (χ3n) is 4.06. The zero-order valence-corrected chi connectivity index (χ0v) is 13.2. The van der Waals surface area contributed by atoms with E-state index in [1.54, 1.807) is 0 Å². The van der Waals surface area contributed by atoms with Gasteiger partial charge in [0.15, 0.2) is 0 Å². The number of carbonyl (C=O) groups excluding carboxylic acids is 2. The minimum atomic E-state index is -0.588. The Labute approximate surface area is 185 Å². The van der Waals surface area contributed by atoms with Crippen LogP contribution in [-0.4, -0.2) is 63.2 Å². The standard InChI is InChI=1S/C19H20N2O2.K.H/c1-2-3-14-17-18(22)20(15-10-6-4-7-11-15)21(19(17)23)16-12-8-5-9-13-16;;/h4-13,17H,2-3,14H2,1H3;;.